The molecule has 9 heteroatoms. The van der Waals surface area contributed by atoms with Crippen LogP contribution >= 0.6 is 11.3 Å². The summed E-state index contributed by atoms with van der Waals surface area (Å²) in [6.45, 7) is 5.20. The Kier molecular flexibility index (Phi) is 6.10. The molecule has 1 aliphatic heterocycles. The van der Waals surface area contributed by atoms with E-state index in [-0.39, 0.29) is 5.91 Å². The summed E-state index contributed by atoms with van der Waals surface area (Å²) in [5.74, 6) is 1.09. The van der Waals surface area contributed by atoms with E-state index in [0.717, 1.165) is 49.3 Å². The third-order valence-electron chi connectivity index (χ3n) is 4.60. The normalized spacial score (nSPS) is 16.3. The molecule has 0 spiro atoms. The number of nitrogens with zero attached hydrogens (tertiary/aromatic N) is 6. The zero-order chi connectivity index (χ0) is 18.5. The summed E-state index contributed by atoms with van der Waals surface area (Å²) < 4.78 is 2.04. The van der Waals surface area contributed by atoms with E-state index < -0.39 is 0 Å². The Morgan fingerprint density at radius 2 is 2.12 bits per heavy atom. The summed E-state index contributed by atoms with van der Waals surface area (Å²) >= 11 is 1.64. The van der Waals surface area contributed by atoms with Gasteiger partial charge in [-0.05, 0) is 0 Å². The highest BCUT2D eigenvalue weighted by atomic mass is 32.1. The van der Waals surface area contributed by atoms with Crippen molar-refractivity contribution in [1.82, 2.24) is 29.4 Å². The molecule has 3 rings (SSSR count). The molecule has 2 aromatic rings. The Bertz CT molecular complexity index is 730. The fourth-order valence-electron chi connectivity index (χ4n) is 3.02. The van der Waals surface area contributed by atoms with E-state index in [4.69, 9.17) is 0 Å². The average Bonchev–Trinajstić information content (AvgIpc) is 3.22. The van der Waals surface area contributed by atoms with Crippen LogP contribution in [-0.4, -0.2) is 89.8 Å². The number of thiazole rings is 1. The SMILES string of the molecule is CN=C(NCc1cn2ccsc2n1)N1CCN(CCC(=O)N(C)C)CC1. The van der Waals surface area contributed by atoms with Crippen molar-refractivity contribution in [3.05, 3.63) is 23.5 Å². The molecule has 1 saturated heterocycles. The number of hydrogen-bond acceptors (Lipinski definition) is 5. The van der Waals surface area contributed by atoms with Crippen LogP contribution in [0.5, 0.6) is 0 Å². The van der Waals surface area contributed by atoms with E-state index in [1.165, 1.54) is 0 Å². The van der Waals surface area contributed by atoms with Crippen LogP contribution in [0, 0.1) is 0 Å². The van der Waals surface area contributed by atoms with Crippen LogP contribution < -0.4 is 5.32 Å². The lowest BCUT2D eigenvalue weighted by Crippen LogP contribution is -2.52. The number of amides is 1. The van der Waals surface area contributed by atoms with Gasteiger partial charge in [-0.2, -0.15) is 0 Å². The van der Waals surface area contributed by atoms with E-state index in [1.807, 2.05) is 29.2 Å². The van der Waals surface area contributed by atoms with Crippen LogP contribution in [0.15, 0.2) is 22.8 Å². The number of piperazine rings is 1. The molecule has 1 aliphatic rings. The Morgan fingerprint density at radius 1 is 1.35 bits per heavy atom. The molecule has 0 unspecified atom stereocenters. The van der Waals surface area contributed by atoms with Gasteiger partial charge in [-0.3, -0.25) is 19.1 Å². The number of imidazole rings is 1. The second-order valence-corrected chi connectivity index (χ2v) is 7.47. The molecule has 0 saturated carbocycles. The van der Waals surface area contributed by atoms with Crippen molar-refractivity contribution in [2.45, 2.75) is 13.0 Å². The molecular weight excluding hydrogens is 350 g/mol. The van der Waals surface area contributed by atoms with Gasteiger partial charge in [-0.25, -0.2) is 4.98 Å². The Morgan fingerprint density at radius 3 is 2.77 bits per heavy atom. The Hall–Kier alpha value is -2.13. The Labute approximate surface area is 158 Å². The van der Waals surface area contributed by atoms with Crippen molar-refractivity contribution in [3.8, 4) is 0 Å². The lowest BCUT2D eigenvalue weighted by Gasteiger charge is -2.36. The number of aliphatic imine (C=N–C) groups is 1. The number of aromatic nitrogens is 2. The molecule has 0 atom stereocenters. The third kappa shape index (κ3) is 4.53. The first-order chi connectivity index (χ1) is 12.6. The fourth-order valence-corrected chi connectivity index (χ4v) is 3.74. The van der Waals surface area contributed by atoms with E-state index in [1.54, 1.807) is 30.3 Å². The summed E-state index contributed by atoms with van der Waals surface area (Å²) in [5, 5.41) is 5.44. The van der Waals surface area contributed by atoms with Gasteiger partial charge >= 0.3 is 0 Å². The summed E-state index contributed by atoms with van der Waals surface area (Å²) in [6, 6.07) is 0. The van der Waals surface area contributed by atoms with Crippen LogP contribution in [0.25, 0.3) is 4.96 Å². The van der Waals surface area contributed by atoms with E-state index in [9.17, 15) is 4.79 Å². The lowest BCUT2D eigenvalue weighted by atomic mass is 10.3. The van der Waals surface area contributed by atoms with E-state index in [2.05, 4.69) is 25.1 Å². The van der Waals surface area contributed by atoms with Crippen LogP contribution in [-0.2, 0) is 11.3 Å². The second kappa shape index (κ2) is 8.50. The lowest BCUT2D eigenvalue weighted by molar-refractivity contribution is -0.129. The highest BCUT2D eigenvalue weighted by Crippen LogP contribution is 2.11. The maximum absolute atomic E-state index is 11.7. The molecule has 2 aromatic heterocycles. The maximum Gasteiger partial charge on any atom is 0.223 e. The maximum atomic E-state index is 11.7. The molecule has 0 aromatic carbocycles. The molecule has 142 valence electrons. The van der Waals surface area contributed by atoms with Crippen LogP contribution in [0.3, 0.4) is 0 Å². The summed E-state index contributed by atoms with van der Waals surface area (Å²) in [7, 11) is 5.43. The third-order valence-corrected chi connectivity index (χ3v) is 5.37. The van der Waals surface area contributed by atoms with Crippen LogP contribution in [0.4, 0.5) is 0 Å². The zero-order valence-electron chi connectivity index (χ0n) is 15.7. The predicted octanol–water partition coefficient (Wildman–Crippen LogP) is 0.567. The first kappa shape index (κ1) is 18.7. The smallest absolute Gasteiger partial charge is 0.223 e. The van der Waals surface area contributed by atoms with Crippen LogP contribution in [0.1, 0.15) is 12.1 Å². The van der Waals surface area contributed by atoms with Gasteiger partial charge in [0.1, 0.15) is 0 Å². The van der Waals surface area contributed by atoms with Gasteiger partial charge in [-0.15, -0.1) is 11.3 Å². The summed E-state index contributed by atoms with van der Waals surface area (Å²) in [4.78, 5) is 28.0. The monoisotopic (exact) mass is 377 g/mol. The standard InChI is InChI=1S/C17H27N7OS/c1-18-16(19-12-14-13-24-10-11-26-17(24)20-14)23-8-6-22(7-9-23)5-4-15(25)21(2)3/h10-11,13H,4-9,12H2,1-3H3,(H,18,19). The van der Waals surface area contributed by atoms with Crippen molar-refractivity contribution < 1.29 is 4.79 Å². The van der Waals surface area contributed by atoms with Gasteiger partial charge in [0.2, 0.25) is 5.91 Å². The molecule has 0 bridgehead atoms. The first-order valence-corrected chi connectivity index (χ1v) is 9.74. The predicted molar refractivity (Wildman–Crippen MR) is 105 cm³/mol. The zero-order valence-corrected chi connectivity index (χ0v) is 16.5. The number of carbonyl (C=O) groups is 1. The molecule has 3 heterocycles. The van der Waals surface area contributed by atoms with Crippen molar-refractivity contribution in [2.24, 2.45) is 4.99 Å². The quantitative estimate of drug-likeness (QED) is 0.609. The molecule has 8 nitrogen and oxygen atoms in total. The number of hydrogen-bond donors (Lipinski definition) is 1. The van der Waals surface area contributed by atoms with Gasteiger partial charge in [0, 0.05) is 78.1 Å². The minimum Gasteiger partial charge on any atom is -0.351 e. The van der Waals surface area contributed by atoms with Gasteiger partial charge in [0.25, 0.3) is 0 Å². The number of carbonyl (C=O) groups excluding carboxylic acids is 1. The average molecular weight is 378 g/mol. The van der Waals surface area contributed by atoms with Gasteiger partial charge in [0.05, 0.1) is 12.2 Å². The van der Waals surface area contributed by atoms with Crippen molar-refractivity contribution in [1.29, 1.82) is 0 Å². The topological polar surface area (TPSA) is 68.5 Å². The van der Waals surface area contributed by atoms with Gasteiger partial charge < -0.3 is 15.1 Å². The molecular formula is C17H27N7OS. The molecule has 1 amide bonds. The largest absolute Gasteiger partial charge is 0.351 e. The number of rotatable bonds is 5. The number of nitrogens with one attached hydrogen (secondary N) is 1. The Balaban J connectivity index is 1.44. The van der Waals surface area contributed by atoms with E-state index in [0.29, 0.717) is 13.0 Å². The molecule has 0 radical (unpaired) electrons. The minimum absolute atomic E-state index is 0.185. The highest BCUT2D eigenvalue weighted by molar-refractivity contribution is 7.15. The molecule has 26 heavy (non-hydrogen) atoms. The molecule has 0 aliphatic carbocycles. The highest BCUT2D eigenvalue weighted by Gasteiger charge is 2.20. The van der Waals surface area contributed by atoms with Gasteiger partial charge in [-0.1, -0.05) is 0 Å². The van der Waals surface area contributed by atoms with Crippen molar-refractivity contribution in [3.63, 3.8) is 0 Å². The van der Waals surface area contributed by atoms with Crippen molar-refractivity contribution in [2.75, 3.05) is 53.9 Å². The molecule has 1 N–H and O–H groups in total. The molecule has 1 fully saturated rings. The number of guanidine groups is 1. The van der Waals surface area contributed by atoms with E-state index >= 15 is 0 Å². The minimum atomic E-state index is 0.185. The fraction of sp³-hybridized carbons (Fsp3) is 0.588. The number of fused-ring (bicyclic) bond motifs is 1. The van der Waals surface area contributed by atoms with Gasteiger partial charge in [0.15, 0.2) is 10.9 Å². The first-order valence-electron chi connectivity index (χ1n) is 8.86. The van der Waals surface area contributed by atoms with Crippen molar-refractivity contribution >= 4 is 28.2 Å². The van der Waals surface area contributed by atoms with Crippen LogP contribution in [0.2, 0.25) is 0 Å². The summed E-state index contributed by atoms with van der Waals surface area (Å²) in [5.41, 5.74) is 1.01. The summed E-state index contributed by atoms with van der Waals surface area (Å²) in [6.07, 6.45) is 4.65. The second-order valence-electron chi connectivity index (χ2n) is 6.59.